The van der Waals surface area contributed by atoms with Crippen molar-refractivity contribution in [2.45, 2.75) is 40.0 Å². The van der Waals surface area contributed by atoms with Gasteiger partial charge in [0, 0.05) is 0 Å². The Morgan fingerprint density at radius 2 is 1.69 bits per heavy atom. The van der Waals surface area contributed by atoms with Crippen LogP contribution in [0, 0.1) is 6.08 Å². The van der Waals surface area contributed by atoms with Crippen molar-refractivity contribution in [3.8, 4) is 0 Å². The normalized spacial score (nSPS) is 13.9. The van der Waals surface area contributed by atoms with E-state index in [4.69, 9.17) is 0 Å². The minimum atomic E-state index is 0. The third-order valence-corrected chi connectivity index (χ3v) is 2.10. The molecule has 0 N–H and O–H groups in total. The van der Waals surface area contributed by atoms with Crippen LogP contribution >= 0.6 is 0 Å². The molecule has 0 aromatic heterocycles. The van der Waals surface area contributed by atoms with Gasteiger partial charge in [0.25, 0.3) is 0 Å². The monoisotopic (exact) mass is 295 g/mol. The molecule has 1 radical (unpaired) electrons. The molecule has 0 atom stereocenters. The van der Waals surface area contributed by atoms with Crippen molar-refractivity contribution >= 4 is 0 Å². The van der Waals surface area contributed by atoms with E-state index < -0.39 is 0 Å². The molecule has 1 rings (SSSR count). The van der Waals surface area contributed by atoms with Crippen LogP contribution in [0.3, 0.4) is 0 Å². The molecular weight excluding hydrogens is 282 g/mol. The summed E-state index contributed by atoms with van der Waals surface area (Å²) >= 11 is 0. The van der Waals surface area contributed by atoms with Crippen LogP contribution in [0.2, 0.25) is 0 Å². The van der Waals surface area contributed by atoms with E-state index in [2.05, 4.69) is 26.8 Å². The summed E-state index contributed by atoms with van der Waals surface area (Å²) in [5, 5.41) is 0. The average molecular weight is 297 g/mol. The first kappa shape index (κ1) is 19.5. The molecule has 0 aromatic carbocycles. The first-order chi connectivity index (χ1) is 4.77. The van der Waals surface area contributed by atoms with Crippen molar-refractivity contribution in [1.82, 2.24) is 0 Å². The van der Waals surface area contributed by atoms with Crippen LogP contribution in [0.1, 0.15) is 40.0 Å². The fourth-order valence-corrected chi connectivity index (χ4v) is 1.39. The molecule has 0 spiro atoms. The summed E-state index contributed by atoms with van der Waals surface area (Å²) in [6.45, 7) is 6.62. The summed E-state index contributed by atoms with van der Waals surface area (Å²) < 4.78 is 0. The Balaban J connectivity index is -0.000000333. The first-order valence-corrected chi connectivity index (χ1v) is 4.08. The number of halogens is 2. The van der Waals surface area contributed by atoms with Gasteiger partial charge in [0.15, 0.2) is 0 Å². The fourth-order valence-electron chi connectivity index (χ4n) is 1.39. The zero-order valence-corrected chi connectivity index (χ0v) is 12.3. The summed E-state index contributed by atoms with van der Waals surface area (Å²) in [6.07, 6.45) is 6.93. The van der Waals surface area contributed by atoms with E-state index in [1.54, 1.807) is 0 Å². The average Bonchev–Trinajstić information content (AvgIpc) is 2.30. The predicted molar refractivity (Wildman–Crippen MR) is 44.7 cm³/mol. The zero-order chi connectivity index (χ0) is 7.56. The van der Waals surface area contributed by atoms with E-state index in [1.165, 1.54) is 29.6 Å². The molecule has 73 valence electrons. The summed E-state index contributed by atoms with van der Waals surface area (Å²) in [5.41, 5.74) is 4.45. The molecular formula is C10H15Cl2Zr. The van der Waals surface area contributed by atoms with Crippen molar-refractivity contribution in [2.75, 3.05) is 0 Å². The summed E-state index contributed by atoms with van der Waals surface area (Å²) in [7, 11) is 0. The van der Waals surface area contributed by atoms with Crippen LogP contribution in [0.4, 0.5) is 0 Å². The van der Waals surface area contributed by atoms with Gasteiger partial charge >= 0.3 is 26.2 Å². The minimum Gasteiger partial charge on any atom is -1.00 e. The second-order valence-electron chi connectivity index (χ2n) is 2.87. The first-order valence-electron chi connectivity index (χ1n) is 4.08. The van der Waals surface area contributed by atoms with Gasteiger partial charge in [-0.05, 0) is 0 Å². The third-order valence-electron chi connectivity index (χ3n) is 2.10. The van der Waals surface area contributed by atoms with Gasteiger partial charge in [0.1, 0.15) is 0 Å². The van der Waals surface area contributed by atoms with Crippen LogP contribution in [0.5, 0.6) is 0 Å². The Kier molecular flexibility index (Phi) is 14.2. The molecule has 0 bridgehead atoms. The van der Waals surface area contributed by atoms with Crippen LogP contribution in [0.15, 0.2) is 16.7 Å². The quantitative estimate of drug-likeness (QED) is 0.485. The Morgan fingerprint density at radius 3 is 1.92 bits per heavy atom. The van der Waals surface area contributed by atoms with Gasteiger partial charge in [-0.2, -0.15) is 5.57 Å². The molecule has 0 saturated heterocycles. The molecule has 0 saturated carbocycles. The van der Waals surface area contributed by atoms with E-state index in [9.17, 15) is 0 Å². The molecule has 0 nitrogen and oxygen atoms in total. The summed E-state index contributed by atoms with van der Waals surface area (Å²) in [6, 6.07) is 0. The Labute approximate surface area is 113 Å². The minimum absolute atomic E-state index is 0. The van der Waals surface area contributed by atoms with Gasteiger partial charge in [0.2, 0.25) is 0 Å². The van der Waals surface area contributed by atoms with Gasteiger partial charge < -0.3 is 24.8 Å². The topological polar surface area (TPSA) is 0 Å². The van der Waals surface area contributed by atoms with Crippen molar-refractivity contribution in [3.63, 3.8) is 0 Å². The van der Waals surface area contributed by atoms with Crippen LogP contribution in [-0.4, -0.2) is 0 Å². The molecule has 0 heterocycles. The Hall–Kier alpha value is 0.943. The van der Waals surface area contributed by atoms with Gasteiger partial charge in [-0.3, -0.25) is 0 Å². The smallest absolute Gasteiger partial charge is 1.00 e. The summed E-state index contributed by atoms with van der Waals surface area (Å²) in [4.78, 5) is 0. The van der Waals surface area contributed by atoms with Crippen LogP contribution < -0.4 is 24.8 Å². The maximum Gasteiger partial charge on any atom is 3.00 e. The molecule has 0 amide bonds. The van der Waals surface area contributed by atoms with Crippen molar-refractivity contribution in [2.24, 2.45) is 0 Å². The molecule has 0 fully saturated rings. The Morgan fingerprint density at radius 1 is 1.15 bits per heavy atom. The Bertz CT molecular complexity index is 195. The van der Waals surface area contributed by atoms with E-state index in [0.717, 1.165) is 6.42 Å². The van der Waals surface area contributed by atoms with Gasteiger partial charge in [0.05, 0.1) is 0 Å². The van der Waals surface area contributed by atoms with Crippen LogP contribution in [-0.2, 0) is 26.2 Å². The van der Waals surface area contributed by atoms with Crippen molar-refractivity contribution in [1.29, 1.82) is 0 Å². The third kappa shape index (κ3) is 5.40. The summed E-state index contributed by atoms with van der Waals surface area (Å²) in [5.74, 6) is 0. The predicted octanol–water partition coefficient (Wildman–Crippen LogP) is -2.74. The maximum absolute atomic E-state index is 3.44. The maximum atomic E-state index is 3.44. The fraction of sp³-hybridized carbons (Fsp3) is 0.600. The molecule has 13 heavy (non-hydrogen) atoms. The largest absolute Gasteiger partial charge is 3.00 e. The second kappa shape index (κ2) is 9.50. The zero-order valence-electron chi connectivity index (χ0n) is 8.38. The van der Waals surface area contributed by atoms with Crippen molar-refractivity contribution in [3.05, 3.63) is 22.8 Å². The molecule has 0 aliphatic heterocycles. The van der Waals surface area contributed by atoms with Crippen molar-refractivity contribution < 1.29 is 51.0 Å². The molecule has 0 unspecified atom stereocenters. The second-order valence-corrected chi connectivity index (χ2v) is 2.87. The van der Waals surface area contributed by atoms with Crippen LogP contribution in [0.25, 0.3) is 0 Å². The number of rotatable bonds is 2. The van der Waals surface area contributed by atoms with E-state index >= 15 is 0 Å². The molecule has 1 aliphatic rings. The van der Waals surface area contributed by atoms with Gasteiger partial charge in [-0.15, -0.1) is 6.92 Å². The molecule has 0 aromatic rings. The van der Waals surface area contributed by atoms with Gasteiger partial charge in [-0.1, -0.05) is 33.1 Å². The SMILES string of the molecule is CCC1=[C-]C(CC)=C(C)C1.[Cl-].[Cl-].[Zr+3]. The number of allylic oxidation sites excluding steroid dienone is 4. The number of hydrogen-bond acceptors (Lipinski definition) is 0. The molecule has 1 aliphatic carbocycles. The van der Waals surface area contributed by atoms with E-state index in [0.29, 0.717) is 0 Å². The number of hydrogen-bond donors (Lipinski definition) is 0. The van der Waals surface area contributed by atoms with E-state index in [1.807, 2.05) is 0 Å². The standard InChI is InChI=1S/C10H15.2ClH.Zr/c1-4-9-6-8(3)10(5-2)7-9;;;/h4-6H2,1-3H3;2*1H;/q-1;;;+3/p-2. The molecule has 3 heteroatoms. The van der Waals surface area contributed by atoms with Gasteiger partial charge in [-0.25, -0.2) is 17.2 Å². The van der Waals surface area contributed by atoms with E-state index in [-0.39, 0.29) is 51.0 Å².